The van der Waals surface area contributed by atoms with Crippen LogP contribution < -0.4 is 5.32 Å². The zero-order valence-electron chi connectivity index (χ0n) is 10.2. The maximum Gasteiger partial charge on any atom is 0.128 e. The Labute approximate surface area is 100 Å². The summed E-state index contributed by atoms with van der Waals surface area (Å²) in [5.74, 6) is -0.203. The predicted molar refractivity (Wildman–Crippen MR) is 65.2 cm³/mol. The Kier molecular flexibility index (Phi) is 3.24. The lowest BCUT2D eigenvalue weighted by atomic mass is 10.0. The lowest BCUT2D eigenvalue weighted by molar-refractivity contribution is 0.551. The Hall–Kier alpha value is -1.68. The number of nitrogens with one attached hydrogen (secondary N) is 1. The standard InChI is InChI=1S/C13H16FN3/c1-9-8-12(17(3)16-9)13(15-2)10-6-4-5-7-11(10)14/h4-8,13,15H,1-3H3. The van der Waals surface area contributed by atoms with Gasteiger partial charge in [-0.2, -0.15) is 5.10 Å². The SMILES string of the molecule is CNC(c1ccccc1F)c1cc(C)nn1C. The number of nitrogens with zero attached hydrogens (tertiary/aromatic N) is 2. The molecule has 0 amide bonds. The fraction of sp³-hybridized carbons (Fsp3) is 0.308. The quantitative estimate of drug-likeness (QED) is 0.880. The van der Waals surface area contributed by atoms with Gasteiger partial charge in [0.25, 0.3) is 0 Å². The summed E-state index contributed by atoms with van der Waals surface area (Å²) in [7, 11) is 3.69. The van der Waals surface area contributed by atoms with Gasteiger partial charge in [0.2, 0.25) is 0 Å². The fourth-order valence-corrected chi connectivity index (χ4v) is 2.07. The molecule has 0 fully saturated rings. The van der Waals surface area contributed by atoms with Crippen LogP contribution in [0.1, 0.15) is 23.0 Å². The van der Waals surface area contributed by atoms with Gasteiger partial charge >= 0.3 is 0 Å². The molecule has 0 bridgehead atoms. The molecule has 1 aromatic heterocycles. The number of hydrogen-bond donors (Lipinski definition) is 1. The molecular weight excluding hydrogens is 217 g/mol. The number of benzene rings is 1. The van der Waals surface area contributed by atoms with Crippen molar-refractivity contribution in [1.29, 1.82) is 0 Å². The van der Waals surface area contributed by atoms with Crippen molar-refractivity contribution in [2.75, 3.05) is 7.05 Å². The molecule has 1 atom stereocenters. The molecule has 0 saturated heterocycles. The highest BCUT2D eigenvalue weighted by atomic mass is 19.1. The average Bonchev–Trinajstić information content (AvgIpc) is 2.62. The van der Waals surface area contributed by atoms with Gasteiger partial charge in [-0.25, -0.2) is 4.39 Å². The third kappa shape index (κ3) is 2.22. The van der Waals surface area contributed by atoms with Crippen LogP contribution in [0.4, 0.5) is 4.39 Å². The van der Waals surface area contributed by atoms with E-state index in [0.717, 1.165) is 11.4 Å². The minimum atomic E-state index is -0.203. The van der Waals surface area contributed by atoms with Gasteiger partial charge in [-0.05, 0) is 26.1 Å². The molecule has 1 unspecified atom stereocenters. The van der Waals surface area contributed by atoms with E-state index in [4.69, 9.17) is 0 Å². The number of halogens is 1. The van der Waals surface area contributed by atoms with Crippen LogP contribution in [-0.4, -0.2) is 16.8 Å². The first-order valence-electron chi connectivity index (χ1n) is 5.55. The van der Waals surface area contributed by atoms with Crippen LogP contribution in [0.5, 0.6) is 0 Å². The monoisotopic (exact) mass is 233 g/mol. The van der Waals surface area contributed by atoms with E-state index in [-0.39, 0.29) is 11.9 Å². The van der Waals surface area contributed by atoms with E-state index in [1.165, 1.54) is 6.07 Å². The van der Waals surface area contributed by atoms with Crippen molar-refractivity contribution in [1.82, 2.24) is 15.1 Å². The second kappa shape index (κ2) is 4.67. The Morgan fingerprint density at radius 1 is 1.35 bits per heavy atom. The highest BCUT2D eigenvalue weighted by molar-refractivity contribution is 5.29. The first-order chi connectivity index (χ1) is 8.13. The first-order valence-corrected chi connectivity index (χ1v) is 5.55. The summed E-state index contributed by atoms with van der Waals surface area (Å²) in [5.41, 5.74) is 2.52. The molecule has 0 aliphatic heterocycles. The van der Waals surface area contributed by atoms with E-state index in [2.05, 4.69) is 10.4 Å². The minimum absolute atomic E-state index is 0.178. The molecule has 90 valence electrons. The van der Waals surface area contributed by atoms with Gasteiger partial charge in [0, 0.05) is 12.6 Å². The van der Waals surface area contributed by atoms with E-state index in [1.54, 1.807) is 16.8 Å². The summed E-state index contributed by atoms with van der Waals surface area (Å²) in [4.78, 5) is 0. The molecule has 0 radical (unpaired) electrons. The second-order valence-corrected chi connectivity index (χ2v) is 4.08. The second-order valence-electron chi connectivity index (χ2n) is 4.08. The van der Waals surface area contributed by atoms with E-state index < -0.39 is 0 Å². The smallest absolute Gasteiger partial charge is 0.128 e. The van der Waals surface area contributed by atoms with Gasteiger partial charge in [-0.15, -0.1) is 0 Å². The maximum atomic E-state index is 13.8. The zero-order chi connectivity index (χ0) is 12.4. The van der Waals surface area contributed by atoms with Crippen LogP contribution in [0.3, 0.4) is 0 Å². The summed E-state index contributed by atoms with van der Waals surface area (Å²) in [6.07, 6.45) is 0. The number of aromatic nitrogens is 2. The molecule has 1 aromatic carbocycles. The summed E-state index contributed by atoms with van der Waals surface area (Å²) in [6.45, 7) is 1.93. The highest BCUT2D eigenvalue weighted by Gasteiger charge is 2.19. The van der Waals surface area contributed by atoms with Gasteiger partial charge in [-0.3, -0.25) is 4.68 Å². The molecule has 0 aliphatic carbocycles. The van der Waals surface area contributed by atoms with Gasteiger partial charge < -0.3 is 5.32 Å². The predicted octanol–water partition coefficient (Wildman–Crippen LogP) is 2.18. The Morgan fingerprint density at radius 2 is 2.06 bits per heavy atom. The van der Waals surface area contributed by atoms with E-state index in [9.17, 15) is 4.39 Å². The lowest BCUT2D eigenvalue weighted by Crippen LogP contribution is -2.21. The number of rotatable bonds is 3. The van der Waals surface area contributed by atoms with Crippen LogP contribution in [-0.2, 0) is 7.05 Å². The topological polar surface area (TPSA) is 29.9 Å². The highest BCUT2D eigenvalue weighted by Crippen LogP contribution is 2.24. The third-order valence-corrected chi connectivity index (χ3v) is 2.84. The largest absolute Gasteiger partial charge is 0.308 e. The van der Waals surface area contributed by atoms with Gasteiger partial charge in [0.15, 0.2) is 0 Å². The minimum Gasteiger partial charge on any atom is -0.308 e. The van der Waals surface area contributed by atoms with Crippen molar-refractivity contribution in [3.63, 3.8) is 0 Å². The van der Waals surface area contributed by atoms with Crippen molar-refractivity contribution in [3.05, 3.63) is 53.1 Å². The molecule has 0 aliphatic rings. The fourth-order valence-electron chi connectivity index (χ4n) is 2.07. The van der Waals surface area contributed by atoms with Crippen molar-refractivity contribution in [2.45, 2.75) is 13.0 Å². The molecule has 2 aromatic rings. The van der Waals surface area contributed by atoms with Crippen molar-refractivity contribution in [3.8, 4) is 0 Å². The van der Waals surface area contributed by atoms with Gasteiger partial charge in [-0.1, -0.05) is 18.2 Å². The van der Waals surface area contributed by atoms with Crippen molar-refractivity contribution >= 4 is 0 Å². The molecule has 3 nitrogen and oxygen atoms in total. The molecule has 1 N–H and O–H groups in total. The normalized spacial score (nSPS) is 12.7. The Balaban J connectivity index is 2.47. The average molecular weight is 233 g/mol. The summed E-state index contributed by atoms with van der Waals surface area (Å²) in [5, 5.41) is 7.42. The Bertz CT molecular complexity index is 519. The molecule has 0 saturated carbocycles. The summed E-state index contributed by atoms with van der Waals surface area (Å²) >= 11 is 0. The van der Waals surface area contributed by atoms with Gasteiger partial charge in [0.05, 0.1) is 17.4 Å². The van der Waals surface area contributed by atoms with Crippen LogP contribution in [0, 0.1) is 12.7 Å². The lowest BCUT2D eigenvalue weighted by Gasteiger charge is -2.17. The van der Waals surface area contributed by atoms with Crippen LogP contribution in [0.2, 0.25) is 0 Å². The summed E-state index contributed by atoms with van der Waals surface area (Å²) < 4.78 is 15.6. The zero-order valence-corrected chi connectivity index (χ0v) is 10.2. The van der Waals surface area contributed by atoms with E-state index in [0.29, 0.717) is 5.56 Å². The summed E-state index contributed by atoms with van der Waals surface area (Å²) in [6, 6.07) is 8.59. The van der Waals surface area contributed by atoms with Crippen molar-refractivity contribution < 1.29 is 4.39 Å². The van der Waals surface area contributed by atoms with Gasteiger partial charge in [0.1, 0.15) is 5.82 Å². The van der Waals surface area contributed by atoms with E-state index >= 15 is 0 Å². The van der Waals surface area contributed by atoms with Crippen molar-refractivity contribution in [2.24, 2.45) is 7.05 Å². The number of aryl methyl sites for hydroxylation is 2. The molecule has 17 heavy (non-hydrogen) atoms. The van der Waals surface area contributed by atoms with Crippen LogP contribution in [0.25, 0.3) is 0 Å². The molecule has 2 rings (SSSR count). The molecule has 1 heterocycles. The number of hydrogen-bond acceptors (Lipinski definition) is 2. The molecule has 4 heteroatoms. The first kappa shape index (κ1) is 11.8. The maximum absolute atomic E-state index is 13.8. The van der Waals surface area contributed by atoms with Crippen LogP contribution in [0.15, 0.2) is 30.3 Å². The third-order valence-electron chi connectivity index (χ3n) is 2.84. The molecular formula is C13H16FN3. The Morgan fingerprint density at radius 3 is 2.59 bits per heavy atom. The van der Waals surface area contributed by atoms with E-state index in [1.807, 2.05) is 33.2 Å². The van der Waals surface area contributed by atoms with Crippen LogP contribution >= 0.6 is 0 Å². The molecule has 0 spiro atoms.